The number of carbonyl (C=O) groups is 1. The number of allylic oxidation sites excluding steroid dienone is 2. The summed E-state index contributed by atoms with van der Waals surface area (Å²) in [6, 6.07) is 0. The summed E-state index contributed by atoms with van der Waals surface area (Å²) in [7, 11) is 2.07. The number of hydrogen-bond acceptors (Lipinski definition) is 2. The number of ketones is 1. The van der Waals surface area contributed by atoms with Crippen molar-refractivity contribution in [3.63, 3.8) is 0 Å². The van der Waals surface area contributed by atoms with Crippen molar-refractivity contribution in [1.29, 1.82) is 0 Å². The molecule has 3 heteroatoms. The van der Waals surface area contributed by atoms with Crippen molar-refractivity contribution in [3.05, 3.63) is 23.1 Å². The number of hydrogen-bond donors (Lipinski definition) is 0. The average molecular weight is 318 g/mol. The van der Waals surface area contributed by atoms with Crippen molar-refractivity contribution < 1.29 is 23.4 Å². The van der Waals surface area contributed by atoms with Crippen molar-refractivity contribution >= 4 is 5.78 Å². The second-order valence-corrected chi connectivity index (χ2v) is 5.87. The van der Waals surface area contributed by atoms with Crippen LogP contribution in [0.2, 0.25) is 0 Å². The van der Waals surface area contributed by atoms with Gasteiger partial charge in [0.25, 0.3) is 0 Å². The van der Waals surface area contributed by atoms with Gasteiger partial charge in [0, 0.05) is 7.05 Å². The number of rotatable bonds is 6. The molecular formula is C17H33NOV. The molecule has 0 bridgehead atoms. The Kier molecular flexibility index (Phi) is 11.8. The van der Waals surface area contributed by atoms with E-state index in [0.29, 0.717) is 6.42 Å². The van der Waals surface area contributed by atoms with Gasteiger partial charge in [-0.05, 0) is 6.42 Å². The molecule has 0 amide bonds. The molecule has 0 saturated heterocycles. The predicted octanol–water partition coefficient (Wildman–Crippen LogP) is 4.81. The molecule has 20 heavy (non-hydrogen) atoms. The Hall–Kier alpha value is -0.336. The Morgan fingerprint density at radius 2 is 1.55 bits per heavy atom. The minimum Gasteiger partial charge on any atom is -0.430 e. The van der Waals surface area contributed by atoms with Gasteiger partial charge in [0.05, 0.1) is 5.78 Å². The molecule has 0 aliphatic heterocycles. The number of nitrogens with zero attached hydrogens (tertiary/aromatic N) is 1. The van der Waals surface area contributed by atoms with Crippen LogP contribution in [0.3, 0.4) is 0 Å². The Labute approximate surface area is 139 Å². The molecule has 0 fully saturated rings. The first-order valence-corrected chi connectivity index (χ1v) is 6.66. The van der Waals surface area contributed by atoms with E-state index in [-0.39, 0.29) is 37.3 Å². The summed E-state index contributed by atoms with van der Waals surface area (Å²) < 4.78 is 0. The molecule has 0 aliphatic rings. The number of carbonyl (C=O) groups excluding carboxylic acids is 1. The predicted molar refractivity (Wildman–Crippen MR) is 85.8 cm³/mol. The van der Waals surface area contributed by atoms with Crippen LogP contribution in [-0.2, 0) is 23.4 Å². The molecule has 0 unspecified atom stereocenters. The Bertz CT molecular complexity index is 330. The van der Waals surface area contributed by atoms with Gasteiger partial charge in [-0.15, -0.1) is 32.0 Å². The van der Waals surface area contributed by atoms with E-state index in [1.165, 1.54) is 11.8 Å². The molecule has 0 N–H and O–H groups in total. The first-order valence-electron chi connectivity index (χ1n) is 6.66. The third-order valence-corrected chi connectivity index (χ3v) is 3.97. The molecule has 117 valence electrons. The molecule has 0 aliphatic carbocycles. The second kappa shape index (κ2) is 9.57. The minimum absolute atomic E-state index is 0. The van der Waals surface area contributed by atoms with E-state index in [1.807, 2.05) is 13.8 Å². The maximum absolute atomic E-state index is 12.0. The van der Waals surface area contributed by atoms with Crippen LogP contribution in [0.15, 0.2) is 11.3 Å². The van der Waals surface area contributed by atoms with Crippen LogP contribution in [0.4, 0.5) is 0 Å². The topological polar surface area (TPSA) is 20.3 Å². The zero-order valence-corrected chi connectivity index (χ0v) is 15.4. The van der Waals surface area contributed by atoms with Crippen molar-refractivity contribution in [2.24, 2.45) is 0 Å². The van der Waals surface area contributed by atoms with E-state index in [4.69, 9.17) is 0 Å². The molecule has 2 nitrogen and oxygen atoms in total. The van der Waals surface area contributed by atoms with Gasteiger partial charge in [-0.25, -0.2) is 0 Å². The molecule has 0 spiro atoms. The van der Waals surface area contributed by atoms with Gasteiger partial charge in [-0.3, -0.25) is 5.92 Å². The van der Waals surface area contributed by atoms with Crippen LogP contribution in [0.1, 0.15) is 69.2 Å². The molecule has 0 heterocycles. The summed E-state index contributed by atoms with van der Waals surface area (Å²) >= 11 is 0. The normalized spacial score (nSPS) is 12.1. The van der Waals surface area contributed by atoms with Crippen LogP contribution in [-0.4, -0.2) is 23.3 Å². The van der Waals surface area contributed by atoms with Gasteiger partial charge >= 0.3 is 18.6 Å². The summed E-state index contributed by atoms with van der Waals surface area (Å²) in [6.45, 7) is 16.6. The van der Waals surface area contributed by atoms with E-state index >= 15 is 0 Å². The summed E-state index contributed by atoms with van der Waals surface area (Å²) in [4.78, 5) is 14.2. The quantitative estimate of drug-likeness (QED) is 0.517. The Morgan fingerprint density at radius 3 is 1.80 bits per heavy atom. The maximum Gasteiger partial charge on any atom is 2.00 e. The molecule has 0 aromatic rings. The van der Waals surface area contributed by atoms with E-state index in [2.05, 4.69) is 53.5 Å². The van der Waals surface area contributed by atoms with Crippen LogP contribution >= 0.6 is 0 Å². The molecule has 0 atom stereocenters. The Balaban J connectivity index is -0.00000144. The standard InChI is InChI=1S/C16H29NO.CH4.V/c1-10-14(18)13(6)15(11(2)3)17(9)16(7,8)12(4)5;;/h10H2,1-9H3;1H4;/q-2;;+2/b15-13-;;. The van der Waals surface area contributed by atoms with E-state index in [1.54, 1.807) is 0 Å². The molecule has 0 rings (SSSR count). The molecule has 0 aromatic heterocycles. The van der Waals surface area contributed by atoms with E-state index < -0.39 is 0 Å². The zero-order valence-electron chi connectivity index (χ0n) is 14.0. The van der Waals surface area contributed by atoms with Gasteiger partial charge in [-0.2, -0.15) is 19.8 Å². The fraction of sp³-hybridized carbons (Fsp3) is 0.706. The SMILES string of the molecule is C.CCC(=O)/C(C)=C(/[C-](C)C)N(C)C(C)(C)[C-](C)C.[V+2]. The second-order valence-electron chi connectivity index (χ2n) is 5.87. The summed E-state index contributed by atoms with van der Waals surface area (Å²) in [5, 5.41) is 0. The largest absolute Gasteiger partial charge is 2.00 e. The molecular weight excluding hydrogens is 285 g/mol. The third-order valence-electron chi connectivity index (χ3n) is 3.97. The van der Waals surface area contributed by atoms with Crippen molar-refractivity contribution in [2.75, 3.05) is 7.05 Å². The fourth-order valence-corrected chi connectivity index (χ4v) is 1.97. The summed E-state index contributed by atoms with van der Waals surface area (Å²) in [5.74, 6) is 2.74. The average Bonchev–Trinajstić information content (AvgIpc) is 2.26. The van der Waals surface area contributed by atoms with Gasteiger partial charge in [0.15, 0.2) is 0 Å². The molecule has 0 saturated carbocycles. The van der Waals surface area contributed by atoms with Crippen LogP contribution in [0.25, 0.3) is 0 Å². The Morgan fingerprint density at radius 1 is 1.15 bits per heavy atom. The molecule has 1 radical (unpaired) electrons. The van der Waals surface area contributed by atoms with Crippen molar-refractivity contribution in [1.82, 2.24) is 4.90 Å². The first kappa shape index (κ1) is 24.7. The molecule has 0 aromatic carbocycles. The van der Waals surface area contributed by atoms with Crippen LogP contribution in [0.5, 0.6) is 0 Å². The van der Waals surface area contributed by atoms with E-state index in [9.17, 15) is 4.79 Å². The maximum atomic E-state index is 12.0. The van der Waals surface area contributed by atoms with Gasteiger partial charge in [0.1, 0.15) is 0 Å². The first-order chi connectivity index (χ1) is 8.07. The third kappa shape index (κ3) is 5.57. The van der Waals surface area contributed by atoms with Gasteiger partial charge in [0.2, 0.25) is 0 Å². The smallest absolute Gasteiger partial charge is 0.430 e. The van der Waals surface area contributed by atoms with Crippen molar-refractivity contribution in [3.8, 4) is 0 Å². The van der Waals surface area contributed by atoms with Gasteiger partial charge < -0.3 is 9.69 Å². The summed E-state index contributed by atoms with van der Waals surface area (Å²) in [5.41, 5.74) is 1.89. The summed E-state index contributed by atoms with van der Waals surface area (Å²) in [6.07, 6.45) is 0.561. The van der Waals surface area contributed by atoms with Crippen molar-refractivity contribution in [2.45, 2.75) is 74.8 Å². The van der Waals surface area contributed by atoms with Crippen LogP contribution in [0, 0.1) is 11.8 Å². The van der Waals surface area contributed by atoms with E-state index in [0.717, 1.165) is 11.3 Å². The monoisotopic (exact) mass is 318 g/mol. The fourth-order valence-electron chi connectivity index (χ4n) is 1.97. The number of Topliss-reactive ketones (excluding diaryl/α,β-unsaturated/α-hetero) is 1. The zero-order chi connectivity index (χ0) is 14.7. The minimum atomic E-state index is -0.0537. The van der Waals surface area contributed by atoms with Crippen LogP contribution < -0.4 is 0 Å². The van der Waals surface area contributed by atoms with Gasteiger partial charge in [-0.1, -0.05) is 33.7 Å².